The summed E-state index contributed by atoms with van der Waals surface area (Å²) >= 11 is 5.96. The van der Waals surface area contributed by atoms with Crippen LogP contribution in [0.1, 0.15) is 37.4 Å². The van der Waals surface area contributed by atoms with Crippen molar-refractivity contribution in [2.24, 2.45) is 5.92 Å². The van der Waals surface area contributed by atoms with Crippen molar-refractivity contribution in [2.45, 2.75) is 38.1 Å². The summed E-state index contributed by atoms with van der Waals surface area (Å²) in [5.74, 6) is 2.91. The largest absolute Gasteiger partial charge is 0.484 e. The number of ether oxygens (including phenoxy) is 1. The van der Waals surface area contributed by atoms with Crippen LogP contribution in [0.4, 0.5) is 0 Å². The van der Waals surface area contributed by atoms with E-state index < -0.39 is 0 Å². The molecule has 0 N–H and O–H groups in total. The second-order valence-corrected chi connectivity index (χ2v) is 7.74. The van der Waals surface area contributed by atoms with Crippen LogP contribution in [0.15, 0.2) is 36.7 Å². The van der Waals surface area contributed by atoms with Crippen molar-refractivity contribution in [3.05, 3.63) is 47.5 Å². The molecule has 1 atom stereocenters. The highest BCUT2D eigenvalue weighted by Crippen LogP contribution is 2.33. The molecule has 0 radical (unpaired) electrons. The van der Waals surface area contributed by atoms with Crippen molar-refractivity contribution in [3.8, 4) is 5.75 Å². The maximum atomic E-state index is 12.6. The number of halogens is 1. The lowest BCUT2D eigenvalue weighted by molar-refractivity contribution is -0.134. The third-order valence-electron chi connectivity index (χ3n) is 5.20. The van der Waals surface area contributed by atoms with E-state index in [1.807, 2.05) is 23.2 Å². The fraction of sp³-hybridized carbons (Fsp3) is 0.500. The highest BCUT2D eigenvalue weighted by Gasteiger charge is 2.29. The molecule has 1 amide bonds. The van der Waals surface area contributed by atoms with Crippen molar-refractivity contribution in [2.75, 3.05) is 19.7 Å². The average molecular weight is 374 g/mol. The maximum Gasteiger partial charge on any atom is 0.260 e. The standard InChI is InChI=1S/C20H24ClN3O2/c21-17-4-1-5-18(11-17)26-14-19(25)23-9-2-3-16(13-23)20-22-8-10-24(20)12-15-6-7-15/h1,4-5,8,10-11,15-16H,2-3,6-7,9,12-14H2/t16-/m0/s1. The number of aromatic nitrogens is 2. The van der Waals surface area contributed by atoms with E-state index in [9.17, 15) is 4.79 Å². The summed E-state index contributed by atoms with van der Waals surface area (Å²) in [7, 11) is 0. The molecule has 4 rings (SSSR count). The lowest BCUT2D eigenvalue weighted by Crippen LogP contribution is -2.42. The Balaban J connectivity index is 1.35. The lowest BCUT2D eigenvalue weighted by Gasteiger charge is -2.32. The minimum atomic E-state index is 0.0231. The molecule has 1 saturated heterocycles. The first-order chi connectivity index (χ1) is 12.7. The molecule has 0 unspecified atom stereocenters. The summed E-state index contributed by atoms with van der Waals surface area (Å²) in [5.41, 5.74) is 0. The predicted molar refractivity (Wildman–Crippen MR) is 100 cm³/mol. The summed E-state index contributed by atoms with van der Waals surface area (Å²) in [4.78, 5) is 19.1. The van der Waals surface area contributed by atoms with E-state index in [-0.39, 0.29) is 12.5 Å². The molecule has 1 aromatic heterocycles. The molecule has 1 aromatic carbocycles. The smallest absolute Gasteiger partial charge is 0.260 e. The van der Waals surface area contributed by atoms with Gasteiger partial charge in [-0.1, -0.05) is 17.7 Å². The second kappa shape index (κ2) is 7.70. The normalized spacial score (nSPS) is 20.2. The van der Waals surface area contributed by atoms with Crippen molar-refractivity contribution >= 4 is 17.5 Å². The first kappa shape index (κ1) is 17.4. The predicted octanol–water partition coefficient (Wildman–Crippen LogP) is 3.73. The Hall–Kier alpha value is -2.01. The van der Waals surface area contributed by atoms with Crippen LogP contribution in [-0.4, -0.2) is 40.1 Å². The van der Waals surface area contributed by atoms with Crippen molar-refractivity contribution < 1.29 is 9.53 Å². The number of carbonyl (C=O) groups is 1. The number of hydrogen-bond acceptors (Lipinski definition) is 3. The number of amides is 1. The van der Waals surface area contributed by atoms with E-state index in [0.717, 1.165) is 44.2 Å². The Morgan fingerprint density at radius 1 is 1.31 bits per heavy atom. The summed E-state index contributed by atoms with van der Waals surface area (Å²) < 4.78 is 7.91. The molecule has 2 fully saturated rings. The Bertz CT molecular complexity index is 772. The SMILES string of the molecule is O=C(COc1cccc(Cl)c1)N1CCC[C@H](c2nccn2CC2CC2)C1. The van der Waals surface area contributed by atoms with Gasteiger partial charge in [-0.3, -0.25) is 4.79 Å². The minimum Gasteiger partial charge on any atom is -0.484 e. The van der Waals surface area contributed by atoms with Gasteiger partial charge in [0.2, 0.25) is 0 Å². The van der Waals surface area contributed by atoms with Gasteiger partial charge in [0, 0.05) is 43.0 Å². The number of nitrogens with zero attached hydrogens (tertiary/aromatic N) is 3. The molecule has 2 heterocycles. The van der Waals surface area contributed by atoms with Gasteiger partial charge in [-0.15, -0.1) is 0 Å². The molecule has 1 aliphatic carbocycles. The van der Waals surface area contributed by atoms with Crippen LogP contribution in [0.25, 0.3) is 0 Å². The van der Waals surface area contributed by atoms with Crippen molar-refractivity contribution in [3.63, 3.8) is 0 Å². The first-order valence-electron chi connectivity index (χ1n) is 9.36. The number of rotatable bonds is 6. The molecule has 1 saturated carbocycles. The molecule has 0 bridgehead atoms. The van der Waals surface area contributed by atoms with Crippen LogP contribution in [0.3, 0.4) is 0 Å². The van der Waals surface area contributed by atoms with E-state index in [2.05, 4.69) is 15.7 Å². The Labute approximate surface area is 158 Å². The van der Waals surface area contributed by atoms with Crippen LogP contribution in [0.2, 0.25) is 5.02 Å². The molecule has 5 nitrogen and oxygen atoms in total. The first-order valence-corrected chi connectivity index (χ1v) is 9.74. The van der Waals surface area contributed by atoms with Gasteiger partial charge in [-0.05, 0) is 49.8 Å². The van der Waals surface area contributed by atoms with Gasteiger partial charge >= 0.3 is 0 Å². The highest BCUT2D eigenvalue weighted by atomic mass is 35.5. The fourth-order valence-corrected chi connectivity index (χ4v) is 3.80. The van der Waals surface area contributed by atoms with Gasteiger partial charge < -0.3 is 14.2 Å². The van der Waals surface area contributed by atoms with Crippen LogP contribution < -0.4 is 4.74 Å². The van der Waals surface area contributed by atoms with Crippen LogP contribution in [-0.2, 0) is 11.3 Å². The lowest BCUT2D eigenvalue weighted by atomic mass is 9.97. The molecule has 6 heteroatoms. The summed E-state index contributed by atoms with van der Waals surface area (Å²) in [5, 5.41) is 0.607. The van der Waals surface area contributed by atoms with Crippen LogP contribution >= 0.6 is 11.6 Å². The van der Waals surface area contributed by atoms with Gasteiger partial charge in [-0.25, -0.2) is 4.98 Å². The zero-order chi connectivity index (χ0) is 17.9. The van der Waals surface area contributed by atoms with Crippen molar-refractivity contribution in [1.29, 1.82) is 0 Å². The molecule has 0 spiro atoms. The number of likely N-dealkylation sites (tertiary alicyclic amines) is 1. The number of imidazole rings is 1. The van der Waals surface area contributed by atoms with E-state index >= 15 is 0 Å². The zero-order valence-corrected chi connectivity index (χ0v) is 15.6. The average Bonchev–Trinajstić information content (AvgIpc) is 3.35. The van der Waals surface area contributed by atoms with Crippen molar-refractivity contribution in [1.82, 2.24) is 14.5 Å². The van der Waals surface area contributed by atoms with Gasteiger partial charge in [0.05, 0.1) is 0 Å². The van der Waals surface area contributed by atoms with E-state index in [4.69, 9.17) is 16.3 Å². The van der Waals surface area contributed by atoms with Crippen LogP contribution in [0.5, 0.6) is 5.75 Å². The molecule has 1 aliphatic heterocycles. The fourth-order valence-electron chi connectivity index (χ4n) is 3.62. The monoisotopic (exact) mass is 373 g/mol. The molecule has 2 aromatic rings. The molecule has 138 valence electrons. The third kappa shape index (κ3) is 4.21. The molecule has 2 aliphatic rings. The van der Waals surface area contributed by atoms with Gasteiger partial charge in [0.15, 0.2) is 6.61 Å². The Morgan fingerprint density at radius 3 is 3.00 bits per heavy atom. The number of piperidine rings is 1. The van der Waals surface area contributed by atoms with Gasteiger partial charge in [0.25, 0.3) is 5.91 Å². The summed E-state index contributed by atoms with van der Waals surface area (Å²) in [6.07, 6.45) is 8.71. The van der Waals surface area contributed by atoms with Gasteiger partial charge in [0.1, 0.15) is 11.6 Å². The zero-order valence-electron chi connectivity index (χ0n) is 14.8. The highest BCUT2D eigenvalue weighted by molar-refractivity contribution is 6.30. The minimum absolute atomic E-state index is 0.0231. The quantitative estimate of drug-likeness (QED) is 0.775. The van der Waals surface area contributed by atoms with Crippen LogP contribution in [0, 0.1) is 5.92 Å². The third-order valence-corrected chi connectivity index (χ3v) is 5.43. The molecular weight excluding hydrogens is 350 g/mol. The molecule has 26 heavy (non-hydrogen) atoms. The topological polar surface area (TPSA) is 47.4 Å². The second-order valence-electron chi connectivity index (χ2n) is 7.31. The number of hydrogen-bond donors (Lipinski definition) is 0. The number of carbonyl (C=O) groups excluding carboxylic acids is 1. The van der Waals surface area contributed by atoms with E-state index in [0.29, 0.717) is 16.7 Å². The van der Waals surface area contributed by atoms with E-state index in [1.165, 1.54) is 12.8 Å². The number of benzene rings is 1. The maximum absolute atomic E-state index is 12.6. The Kier molecular flexibility index (Phi) is 5.16. The summed E-state index contributed by atoms with van der Waals surface area (Å²) in [6.45, 7) is 2.62. The van der Waals surface area contributed by atoms with E-state index in [1.54, 1.807) is 12.1 Å². The molecular formula is C20H24ClN3O2. The van der Waals surface area contributed by atoms with Gasteiger partial charge in [-0.2, -0.15) is 0 Å². The summed E-state index contributed by atoms with van der Waals surface area (Å²) in [6, 6.07) is 7.14. The Morgan fingerprint density at radius 2 is 2.19 bits per heavy atom.